The summed E-state index contributed by atoms with van der Waals surface area (Å²) in [5.41, 5.74) is 0.483. The highest BCUT2D eigenvalue weighted by Crippen LogP contribution is 2.38. The van der Waals surface area contributed by atoms with Crippen LogP contribution in [0.1, 0.15) is 44.1 Å². The summed E-state index contributed by atoms with van der Waals surface area (Å²) in [6, 6.07) is 0. The van der Waals surface area contributed by atoms with Crippen LogP contribution >= 0.6 is 0 Å². The molecule has 1 saturated carbocycles. The fraction of sp³-hybridized carbons (Fsp3) is 0.692. The summed E-state index contributed by atoms with van der Waals surface area (Å²) in [6.07, 6.45) is 10.3. The van der Waals surface area contributed by atoms with Crippen molar-refractivity contribution in [1.82, 2.24) is 9.78 Å². The van der Waals surface area contributed by atoms with Crippen molar-refractivity contribution in [3.05, 3.63) is 18.0 Å². The number of aryl methyl sites for hydroxylation is 1. The molecule has 0 radical (unpaired) electrons. The van der Waals surface area contributed by atoms with Gasteiger partial charge in [-0.2, -0.15) is 5.10 Å². The maximum Gasteiger partial charge on any atom is 0.309 e. The van der Waals surface area contributed by atoms with E-state index in [1.54, 1.807) is 10.9 Å². The Kier molecular flexibility index (Phi) is 3.50. The van der Waals surface area contributed by atoms with Gasteiger partial charge in [0, 0.05) is 13.2 Å². The summed E-state index contributed by atoms with van der Waals surface area (Å²) in [5, 5.41) is 13.7. The number of nitrogens with zero attached hydrogens (tertiary/aromatic N) is 2. The third-order valence-electron chi connectivity index (χ3n) is 3.82. The zero-order valence-electron chi connectivity index (χ0n) is 10.4. The van der Waals surface area contributed by atoms with Gasteiger partial charge in [0.15, 0.2) is 0 Å². The van der Waals surface area contributed by atoms with Gasteiger partial charge < -0.3 is 5.11 Å². The van der Waals surface area contributed by atoms with Crippen LogP contribution in [-0.2, 0) is 18.3 Å². The summed E-state index contributed by atoms with van der Waals surface area (Å²) in [7, 11) is 1.87. The van der Waals surface area contributed by atoms with E-state index in [0.29, 0.717) is 6.42 Å². The Hall–Kier alpha value is -1.32. The SMILES string of the molecule is Cn1cc(CC2(C(=O)O)CCCCCC2)cn1. The highest BCUT2D eigenvalue weighted by atomic mass is 16.4. The maximum absolute atomic E-state index is 11.6. The number of carbonyl (C=O) groups is 1. The zero-order valence-corrected chi connectivity index (χ0v) is 10.4. The van der Waals surface area contributed by atoms with Crippen molar-refractivity contribution >= 4 is 5.97 Å². The molecule has 4 nitrogen and oxygen atoms in total. The smallest absolute Gasteiger partial charge is 0.309 e. The molecule has 0 saturated heterocycles. The minimum Gasteiger partial charge on any atom is -0.481 e. The van der Waals surface area contributed by atoms with Crippen molar-refractivity contribution in [3.63, 3.8) is 0 Å². The largest absolute Gasteiger partial charge is 0.481 e. The average molecular weight is 236 g/mol. The molecule has 0 amide bonds. The Balaban J connectivity index is 2.18. The van der Waals surface area contributed by atoms with Gasteiger partial charge in [-0.25, -0.2) is 0 Å². The van der Waals surface area contributed by atoms with E-state index in [9.17, 15) is 9.90 Å². The molecule has 0 atom stereocenters. The monoisotopic (exact) mass is 236 g/mol. The van der Waals surface area contributed by atoms with Crippen molar-refractivity contribution in [2.75, 3.05) is 0 Å². The number of hydrogen-bond donors (Lipinski definition) is 1. The number of carboxylic acids is 1. The molecule has 1 aliphatic carbocycles. The average Bonchev–Trinajstić information content (AvgIpc) is 2.54. The molecule has 0 unspecified atom stereocenters. The Morgan fingerprint density at radius 3 is 2.53 bits per heavy atom. The lowest BCUT2D eigenvalue weighted by molar-refractivity contribution is -0.149. The van der Waals surface area contributed by atoms with Crippen molar-refractivity contribution in [1.29, 1.82) is 0 Å². The van der Waals surface area contributed by atoms with E-state index in [-0.39, 0.29) is 0 Å². The topological polar surface area (TPSA) is 55.1 Å². The van der Waals surface area contributed by atoms with Crippen molar-refractivity contribution < 1.29 is 9.90 Å². The summed E-state index contributed by atoms with van der Waals surface area (Å²) in [6.45, 7) is 0. The van der Waals surface area contributed by atoms with Crippen LogP contribution in [0.15, 0.2) is 12.4 Å². The van der Waals surface area contributed by atoms with Crippen LogP contribution < -0.4 is 0 Å². The molecule has 1 N–H and O–H groups in total. The molecule has 0 spiro atoms. The van der Waals surface area contributed by atoms with E-state index in [2.05, 4.69) is 5.10 Å². The lowest BCUT2D eigenvalue weighted by atomic mass is 9.76. The van der Waals surface area contributed by atoms with Gasteiger partial charge in [-0.1, -0.05) is 25.7 Å². The molecule has 1 fully saturated rings. The quantitative estimate of drug-likeness (QED) is 0.820. The van der Waals surface area contributed by atoms with Crippen LogP contribution in [0.25, 0.3) is 0 Å². The molecule has 17 heavy (non-hydrogen) atoms. The second-order valence-electron chi connectivity index (χ2n) is 5.20. The van der Waals surface area contributed by atoms with Crippen LogP contribution in [0.4, 0.5) is 0 Å². The molecule has 4 heteroatoms. The molecule has 94 valence electrons. The molecule has 0 bridgehead atoms. The number of rotatable bonds is 3. The minimum absolute atomic E-state index is 0.556. The van der Waals surface area contributed by atoms with E-state index in [1.165, 1.54) is 12.8 Å². The van der Waals surface area contributed by atoms with Crippen molar-refractivity contribution in [2.45, 2.75) is 44.9 Å². The van der Waals surface area contributed by atoms with Gasteiger partial charge in [0.2, 0.25) is 0 Å². The molecule has 0 aliphatic heterocycles. The predicted octanol–water partition coefficient (Wildman–Crippen LogP) is 2.39. The van der Waals surface area contributed by atoms with Gasteiger partial charge in [-0.3, -0.25) is 9.48 Å². The zero-order chi connectivity index (χ0) is 12.3. The summed E-state index contributed by atoms with van der Waals surface area (Å²) >= 11 is 0. The van der Waals surface area contributed by atoms with Crippen LogP contribution in [0.2, 0.25) is 0 Å². The lowest BCUT2D eigenvalue weighted by Gasteiger charge is -2.27. The van der Waals surface area contributed by atoms with Crippen molar-refractivity contribution in [2.24, 2.45) is 12.5 Å². The van der Waals surface area contributed by atoms with Crippen molar-refractivity contribution in [3.8, 4) is 0 Å². The second-order valence-corrected chi connectivity index (χ2v) is 5.20. The highest BCUT2D eigenvalue weighted by Gasteiger charge is 2.38. The Bertz CT molecular complexity index is 390. The standard InChI is InChI=1S/C13H20N2O2/c1-15-10-11(9-14-15)8-13(12(16)17)6-4-2-3-5-7-13/h9-10H,2-8H2,1H3,(H,16,17). The number of aromatic nitrogens is 2. The van der Waals surface area contributed by atoms with Gasteiger partial charge in [0.1, 0.15) is 0 Å². The molecule has 1 heterocycles. The number of hydrogen-bond acceptors (Lipinski definition) is 2. The Labute approximate surface area is 102 Å². The van der Waals surface area contributed by atoms with E-state index < -0.39 is 11.4 Å². The predicted molar refractivity (Wildman–Crippen MR) is 64.7 cm³/mol. The number of aliphatic carboxylic acids is 1. The van der Waals surface area contributed by atoms with E-state index >= 15 is 0 Å². The van der Waals surface area contributed by atoms with Gasteiger partial charge in [-0.05, 0) is 24.8 Å². The summed E-state index contributed by atoms with van der Waals surface area (Å²) in [4.78, 5) is 11.6. The van der Waals surface area contributed by atoms with Gasteiger partial charge >= 0.3 is 5.97 Å². The van der Waals surface area contributed by atoms with Crippen LogP contribution in [0, 0.1) is 5.41 Å². The maximum atomic E-state index is 11.6. The molecule has 0 aromatic carbocycles. The normalized spacial score (nSPS) is 19.8. The van der Waals surface area contributed by atoms with Gasteiger partial charge in [0.25, 0.3) is 0 Å². The van der Waals surface area contributed by atoms with E-state index in [4.69, 9.17) is 0 Å². The van der Waals surface area contributed by atoms with E-state index in [1.807, 2.05) is 13.2 Å². The molecule has 1 aromatic rings. The molecule has 1 aromatic heterocycles. The van der Waals surface area contributed by atoms with Crippen LogP contribution in [0.3, 0.4) is 0 Å². The first-order chi connectivity index (χ1) is 8.12. The highest BCUT2D eigenvalue weighted by molar-refractivity contribution is 5.75. The molecular formula is C13H20N2O2. The second kappa shape index (κ2) is 4.90. The first kappa shape index (κ1) is 12.1. The van der Waals surface area contributed by atoms with Gasteiger partial charge in [-0.15, -0.1) is 0 Å². The Morgan fingerprint density at radius 2 is 2.06 bits per heavy atom. The summed E-state index contributed by atoms with van der Waals surface area (Å²) in [5.74, 6) is -0.636. The molecule has 1 aliphatic rings. The molecular weight excluding hydrogens is 216 g/mol. The minimum atomic E-state index is -0.636. The fourth-order valence-electron chi connectivity index (χ4n) is 2.83. The fourth-order valence-corrected chi connectivity index (χ4v) is 2.83. The first-order valence-electron chi connectivity index (χ1n) is 6.33. The summed E-state index contributed by atoms with van der Waals surface area (Å²) < 4.78 is 1.74. The van der Waals surface area contributed by atoms with Gasteiger partial charge in [0.05, 0.1) is 11.6 Å². The van der Waals surface area contributed by atoms with E-state index in [0.717, 1.165) is 31.2 Å². The third-order valence-corrected chi connectivity index (χ3v) is 3.82. The lowest BCUT2D eigenvalue weighted by Crippen LogP contribution is -2.32. The first-order valence-corrected chi connectivity index (χ1v) is 6.33. The third kappa shape index (κ3) is 2.68. The Morgan fingerprint density at radius 1 is 1.41 bits per heavy atom. The molecule has 2 rings (SSSR count). The van der Waals surface area contributed by atoms with Crippen LogP contribution in [-0.4, -0.2) is 20.9 Å². The van der Waals surface area contributed by atoms with Crippen LogP contribution in [0.5, 0.6) is 0 Å². The number of carboxylic acid groups (broad SMARTS) is 1.